The van der Waals surface area contributed by atoms with Crippen molar-refractivity contribution in [1.29, 1.82) is 0 Å². The van der Waals surface area contributed by atoms with Crippen molar-refractivity contribution >= 4 is 33.1 Å². The number of rotatable bonds is 5. The van der Waals surface area contributed by atoms with Gasteiger partial charge in [-0.3, -0.25) is 14.2 Å². The molecule has 0 fully saturated rings. The zero-order valence-corrected chi connectivity index (χ0v) is 17.0. The topological polar surface area (TPSA) is 60.3 Å². The van der Waals surface area contributed by atoms with Gasteiger partial charge in [-0.05, 0) is 76.1 Å². The number of ether oxygens (including phenoxy) is 1. The van der Waals surface area contributed by atoms with Crippen LogP contribution in [0.5, 0.6) is 5.75 Å². The number of carbonyl (C=O) groups is 1. The first-order chi connectivity index (χ1) is 12.8. The Kier molecular flexibility index (Phi) is 5.37. The Labute approximate surface area is 162 Å². The van der Waals surface area contributed by atoms with Crippen molar-refractivity contribution in [2.45, 2.75) is 46.8 Å². The molecule has 0 aliphatic carbocycles. The highest BCUT2D eigenvalue weighted by Gasteiger charge is 2.16. The van der Waals surface area contributed by atoms with Crippen molar-refractivity contribution in [3.63, 3.8) is 0 Å². The van der Waals surface area contributed by atoms with E-state index in [1.54, 1.807) is 11.5 Å². The van der Waals surface area contributed by atoms with Gasteiger partial charge in [-0.2, -0.15) is 0 Å². The summed E-state index contributed by atoms with van der Waals surface area (Å²) in [6.45, 7) is 9.73. The van der Waals surface area contributed by atoms with Crippen LogP contribution < -0.4 is 14.9 Å². The third-order valence-corrected chi connectivity index (χ3v) is 5.48. The number of hydrogen-bond acceptors (Lipinski definition) is 4. The molecule has 1 amide bonds. The molecule has 1 aromatic heterocycles. The van der Waals surface area contributed by atoms with Gasteiger partial charge in [0.2, 0.25) is 0 Å². The van der Waals surface area contributed by atoms with Crippen LogP contribution in [-0.4, -0.2) is 16.6 Å². The summed E-state index contributed by atoms with van der Waals surface area (Å²) in [6, 6.07) is 11.4. The van der Waals surface area contributed by atoms with Crippen LogP contribution >= 0.6 is 11.3 Å². The Morgan fingerprint density at radius 3 is 2.48 bits per heavy atom. The molecule has 1 unspecified atom stereocenters. The van der Waals surface area contributed by atoms with Crippen molar-refractivity contribution in [3.8, 4) is 5.75 Å². The van der Waals surface area contributed by atoms with E-state index >= 15 is 0 Å². The lowest BCUT2D eigenvalue weighted by molar-refractivity contribution is -0.122. The van der Waals surface area contributed by atoms with E-state index in [1.165, 1.54) is 16.9 Å². The summed E-state index contributed by atoms with van der Waals surface area (Å²) in [5, 5.41) is 2.87. The first kappa shape index (κ1) is 19.2. The SMILES string of the molecule is Cc1ccc(OC(C)C(=O)Nc2ccc3c(c2)sc(=O)n3C(C)C)cc1C. The van der Waals surface area contributed by atoms with E-state index in [0.29, 0.717) is 11.4 Å². The average Bonchev–Trinajstić information content (AvgIpc) is 2.93. The zero-order chi connectivity index (χ0) is 19.7. The van der Waals surface area contributed by atoms with Gasteiger partial charge in [0, 0.05) is 11.7 Å². The second-order valence-corrected chi connectivity index (χ2v) is 8.00. The first-order valence-corrected chi connectivity index (χ1v) is 9.78. The molecule has 6 heteroatoms. The lowest BCUT2D eigenvalue weighted by atomic mass is 10.1. The number of aryl methyl sites for hydroxylation is 2. The molecule has 2 aromatic carbocycles. The Morgan fingerprint density at radius 1 is 1.07 bits per heavy atom. The summed E-state index contributed by atoms with van der Waals surface area (Å²) >= 11 is 1.19. The van der Waals surface area contributed by atoms with Crippen LogP contribution in [0, 0.1) is 13.8 Å². The smallest absolute Gasteiger partial charge is 0.308 e. The summed E-state index contributed by atoms with van der Waals surface area (Å²) < 4.78 is 8.38. The summed E-state index contributed by atoms with van der Waals surface area (Å²) in [7, 11) is 0. The maximum Gasteiger partial charge on any atom is 0.308 e. The predicted molar refractivity (Wildman–Crippen MR) is 111 cm³/mol. The first-order valence-electron chi connectivity index (χ1n) is 8.96. The number of carbonyl (C=O) groups excluding carboxylic acids is 1. The average molecular weight is 385 g/mol. The number of amides is 1. The number of hydrogen-bond donors (Lipinski definition) is 1. The highest BCUT2D eigenvalue weighted by molar-refractivity contribution is 7.16. The highest BCUT2D eigenvalue weighted by Crippen LogP contribution is 2.24. The van der Waals surface area contributed by atoms with Crippen LogP contribution in [0.15, 0.2) is 41.2 Å². The van der Waals surface area contributed by atoms with Crippen molar-refractivity contribution < 1.29 is 9.53 Å². The van der Waals surface area contributed by atoms with Crippen LogP contribution in [0.1, 0.15) is 37.9 Å². The quantitative estimate of drug-likeness (QED) is 0.695. The third kappa shape index (κ3) is 4.06. The molecule has 0 aliphatic heterocycles. The number of aromatic nitrogens is 1. The summed E-state index contributed by atoms with van der Waals surface area (Å²) in [4.78, 5) is 24.6. The van der Waals surface area contributed by atoms with Crippen molar-refractivity contribution in [2.75, 3.05) is 5.32 Å². The van der Waals surface area contributed by atoms with E-state index in [0.717, 1.165) is 15.8 Å². The van der Waals surface area contributed by atoms with Gasteiger partial charge >= 0.3 is 4.87 Å². The molecular formula is C21H24N2O3S. The fourth-order valence-electron chi connectivity index (χ4n) is 2.89. The summed E-state index contributed by atoms with van der Waals surface area (Å²) in [5.74, 6) is 0.437. The molecule has 3 rings (SSSR count). The Bertz CT molecular complexity index is 1050. The van der Waals surface area contributed by atoms with Gasteiger partial charge in [0.25, 0.3) is 5.91 Å². The second kappa shape index (κ2) is 7.56. The number of nitrogens with one attached hydrogen (secondary N) is 1. The highest BCUT2D eigenvalue weighted by atomic mass is 32.1. The van der Waals surface area contributed by atoms with Gasteiger partial charge in [0.05, 0.1) is 10.2 Å². The van der Waals surface area contributed by atoms with E-state index in [4.69, 9.17) is 4.74 Å². The van der Waals surface area contributed by atoms with Crippen LogP contribution in [0.2, 0.25) is 0 Å². The van der Waals surface area contributed by atoms with Crippen molar-refractivity contribution in [2.24, 2.45) is 0 Å². The van der Waals surface area contributed by atoms with Crippen LogP contribution in [0.4, 0.5) is 5.69 Å². The molecule has 0 radical (unpaired) electrons. The fraction of sp³-hybridized carbons (Fsp3) is 0.333. The van der Waals surface area contributed by atoms with E-state index in [2.05, 4.69) is 5.32 Å². The number of anilines is 1. The number of nitrogens with zero attached hydrogens (tertiary/aromatic N) is 1. The van der Waals surface area contributed by atoms with E-state index in [1.807, 2.05) is 64.1 Å². The molecule has 0 saturated carbocycles. The maximum atomic E-state index is 12.5. The minimum absolute atomic E-state index is 0.00918. The molecule has 0 aliphatic rings. The molecule has 3 aromatic rings. The predicted octanol–water partition coefficient (Wildman–Crippen LogP) is 4.67. The molecule has 0 saturated heterocycles. The molecule has 0 bridgehead atoms. The van der Waals surface area contributed by atoms with Gasteiger partial charge in [-0.15, -0.1) is 0 Å². The largest absolute Gasteiger partial charge is 0.481 e. The molecular weight excluding hydrogens is 360 g/mol. The molecule has 1 N–H and O–H groups in total. The van der Waals surface area contributed by atoms with E-state index in [-0.39, 0.29) is 16.8 Å². The van der Waals surface area contributed by atoms with Crippen LogP contribution in [0.25, 0.3) is 10.2 Å². The zero-order valence-electron chi connectivity index (χ0n) is 16.2. The molecule has 27 heavy (non-hydrogen) atoms. The normalized spacial score (nSPS) is 12.4. The molecule has 1 atom stereocenters. The van der Waals surface area contributed by atoms with Gasteiger partial charge in [-0.1, -0.05) is 17.4 Å². The van der Waals surface area contributed by atoms with E-state index in [9.17, 15) is 9.59 Å². The Balaban J connectivity index is 1.75. The monoisotopic (exact) mass is 384 g/mol. The van der Waals surface area contributed by atoms with Crippen LogP contribution in [-0.2, 0) is 4.79 Å². The number of fused-ring (bicyclic) bond motifs is 1. The van der Waals surface area contributed by atoms with Gasteiger partial charge in [0.15, 0.2) is 6.10 Å². The molecule has 5 nitrogen and oxygen atoms in total. The standard InChI is InChI=1S/C21H24N2O3S/c1-12(2)23-18-9-7-16(11-19(18)27-21(23)25)22-20(24)15(5)26-17-8-6-13(3)14(4)10-17/h6-12,15H,1-5H3,(H,22,24). The summed E-state index contributed by atoms with van der Waals surface area (Å²) in [6.07, 6.45) is -0.637. The van der Waals surface area contributed by atoms with Gasteiger partial charge in [0.1, 0.15) is 5.75 Å². The molecule has 0 spiro atoms. The Morgan fingerprint density at radius 2 is 1.81 bits per heavy atom. The minimum atomic E-state index is -0.637. The van der Waals surface area contributed by atoms with Gasteiger partial charge in [-0.25, -0.2) is 0 Å². The van der Waals surface area contributed by atoms with E-state index < -0.39 is 6.10 Å². The molecule has 1 heterocycles. The lowest BCUT2D eigenvalue weighted by Gasteiger charge is -2.16. The van der Waals surface area contributed by atoms with Gasteiger partial charge < -0.3 is 10.1 Å². The van der Waals surface area contributed by atoms with Crippen LogP contribution in [0.3, 0.4) is 0 Å². The van der Waals surface area contributed by atoms with Crippen molar-refractivity contribution in [3.05, 3.63) is 57.2 Å². The Hall–Kier alpha value is -2.60. The van der Waals surface area contributed by atoms with Crippen molar-refractivity contribution in [1.82, 2.24) is 4.57 Å². The molecule has 142 valence electrons. The summed E-state index contributed by atoms with van der Waals surface area (Å²) in [5.41, 5.74) is 3.84. The third-order valence-electron chi connectivity index (χ3n) is 4.56. The maximum absolute atomic E-state index is 12.5. The number of thiazole rings is 1. The number of benzene rings is 2. The second-order valence-electron chi connectivity index (χ2n) is 7.01. The minimum Gasteiger partial charge on any atom is -0.481 e. The lowest BCUT2D eigenvalue weighted by Crippen LogP contribution is -2.30. The fourth-order valence-corrected chi connectivity index (χ4v) is 3.94.